The molecule has 2 heterocycles. The van der Waals surface area contributed by atoms with Gasteiger partial charge in [0.15, 0.2) is 18.0 Å². The lowest BCUT2D eigenvalue weighted by atomic mass is 9.98. The van der Waals surface area contributed by atoms with Gasteiger partial charge < -0.3 is 29.1 Å². The second kappa shape index (κ2) is 11.4. The van der Waals surface area contributed by atoms with E-state index in [4.69, 9.17) is 35.3 Å². The highest BCUT2D eigenvalue weighted by atomic mass is 35.5. The quantitative estimate of drug-likeness (QED) is 0.265. The van der Waals surface area contributed by atoms with E-state index in [-0.39, 0.29) is 16.1 Å². The summed E-state index contributed by atoms with van der Waals surface area (Å²) < 4.78 is 23.2. The number of hydrogen-bond acceptors (Lipinski definition) is 8. The summed E-state index contributed by atoms with van der Waals surface area (Å²) in [5, 5.41) is 16.6. The molecule has 0 spiro atoms. The standard InChI is InChI=1S/C27H32ClN3O6/c1-26(2,11-13-35-22-9-6-18(25(32)33)14-21(22)28)31-27(10-4-5-12-37-27)30-19-7-8-20(23(15-19)34-3)24-16-29-17-36-24/h6-9,14-17,30-31H,4-5,10-13H2,1-3H3,(H,32,33). The van der Waals surface area contributed by atoms with Crippen LogP contribution in [0.3, 0.4) is 0 Å². The van der Waals surface area contributed by atoms with Crippen LogP contribution >= 0.6 is 11.6 Å². The van der Waals surface area contributed by atoms with Crippen molar-refractivity contribution in [2.75, 3.05) is 25.6 Å². The number of aromatic carboxylic acids is 1. The van der Waals surface area contributed by atoms with E-state index in [0.29, 0.717) is 36.9 Å². The Kier molecular flexibility index (Phi) is 8.26. The highest BCUT2D eigenvalue weighted by Crippen LogP contribution is 2.35. The maximum Gasteiger partial charge on any atom is 0.335 e. The Morgan fingerprint density at radius 1 is 1.22 bits per heavy atom. The highest BCUT2D eigenvalue weighted by Gasteiger charge is 2.38. The number of anilines is 1. The van der Waals surface area contributed by atoms with Crippen molar-refractivity contribution < 1.29 is 28.5 Å². The van der Waals surface area contributed by atoms with E-state index < -0.39 is 11.8 Å². The van der Waals surface area contributed by atoms with E-state index in [0.717, 1.165) is 30.5 Å². The van der Waals surface area contributed by atoms with Crippen LogP contribution in [0.1, 0.15) is 49.9 Å². The number of halogens is 1. The van der Waals surface area contributed by atoms with Crippen molar-refractivity contribution in [1.82, 2.24) is 10.3 Å². The number of carboxylic acid groups (broad SMARTS) is 1. The minimum atomic E-state index is -1.03. The topological polar surface area (TPSA) is 115 Å². The van der Waals surface area contributed by atoms with Crippen LogP contribution in [0.15, 0.2) is 53.4 Å². The van der Waals surface area contributed by atoms with Crippen molar-refractivity contribution >= 4 is 23.3 Å². The van der Waals surface area contributed by atoms with Gasteiger partial charge in [-0.25, -0.2) is 9.78 Å². The molecule has 198 valence electrons. The molecule has 1 aliphatic rings. The van der Waals surface area contributed by atoms with Crippen LogP contribution in [-0.2, 0) is 4.74 Å². The fourth-order valence-corrected chi connectivity index (χ4v) is 4.59. The van der Waals surface area contributed by atoms with Gasteiger partial charge in [-0.2, -0.15) is 0 Å². The van der Waals surface area contributed by atoms with Crippen LogP contribution in [0.4, 0.5) is 5.69 Å². The van der Waals surface area contributed by atoms with E-state index >= 15 is 0 Å². The van der Waals surface area contributed by atoms with Crippen LogP contribution in [0.25, 0.3) is 11.3 Å². The minimum Gasteiger partial charge on any atom is -0.496 e. The summed E-state index contributed by atoms with van der Waals surface area (Å²) in [7, 11) is 1.62. The number of carboxylic acids is 1. The lowest BCUT2D eigenvalue weighted by molar-refractivity contribution is -0.0971. The molecule has 1 atom stereocenters. The van der Waals surface area contributed by atoms with Crippen LogP contribution in [-0.4, -0.2) is 47.8 Å². The van der Waals surface area contributed by atoms with Gasteiger partial charge in [0.25, 0.3) is 0 Å². The lowest BCUT2D eigenvalue weighted by Gasteiger charge is -2.44. The van der Waals surface area contributed by atoms with Crippen LogP contribution < -0.4 is 20.1 Å². The minimum absolute atomic E-state index is 0.118. The van der Waals surface area contributed by atoms with Crippen molar-refractivity contribution in [3.63, 3.8) is 0 Å². The Hall–Kier alpha value is -3.27. The molecule has 0 aliphatic carbocycles. The van der Waals surface area contributed by atoms with Crippen molar-refractivity contribution in [3.8, 4) is 22.8 Å². The van der Waals surface area contributed by atoms with Gasteiger partial charge in [-0.05, 0) is 63.4 Å². The number of ether oxygens (including phenoxy) is 3. The molecule has 0 bridgehead atoms. The number of hydrogen-bond donors (Lipinski definition) is 3. The maximum atomic E-state index is 11.1. The lowest BCUT2D eigenvalue weighted by Crippen LogP contribution is -2.62. The van der Waals surface area contributed by atoms with E-state index in [2.05, 4.69) is 29.5 Å². The van der Waals surface area contributed by atoms with Crippen LogP contribution in [0.2, 0.25) is 5.02 Å². The van der Waals surface area contributed by atoms with Crippen molar-refractivity contribution in [2.24, 2.45) is 0 Å². The Bertz CT molecular complexity index is 1210. The molecular formula is C27H32ClN3O6. The molecule has 4 rings (SSSR count). The predicted octanol–water partition coefficient (Wildman–Crippen LogP) is 5.81. The van der Waals surface area contributed by atoms with E-state index in [1.165, 1.54) is 18.5 Å². The van der Waals surface area contributed by atoms with Gasteiger partial charge in [-0.3, -0.25) is 5.32 Å². The normalized spacial score (nSPS) is 17.8. The number of rotatable bonds is 11. The molecule has 1 fully saturated rings. The van der Waals surface area contributed by atoms with E-state index in [1.807, 2.05) is 18.2 Å². The molecule has 1 aromatic heterocycles. The Morgan fingerprint density at radius 2 is 2.05 bits per heavy atom. The number of nitrogens with one attached hydrogen (secondary N) is 2. The first kappa shape index (κ1) is 26.8. The second-order valence-corrected chi connectivity index (χ2v) is 10.0. The molecule has 9 nitrogen and oxygen atoms in total. The van der Waals surface area contributed by atoms with Gasteiger partial charge in [-0.1, -0.05) is 11.6 Å². The van der Waals surface area contributed by atoms with Gasteiger partial charge in [0, 0.05) is 23.7 Å². The van der Waals surface area contributed by atoms with Crippen LogP contribution in [0.5, 0.6) is 11.5 Å². The molecular weight excluding hydrogens is 498 g/mol. The van der Waals surface area contributed by atoms with Crippen LogP contribution in [0, 0.1) is 0 Å². The largest absolute Gasteiger partial charge is 0.496 e. The summed E-state index contributed by atoms with van der Waals surface area (Å²) in [4.78, 5) is 15.1. The van der Waals surface area contributed by atoms with Crippen molar-refractivity contribution in [2.45, 2.75) is 50.9 Å². The molecule has 1 unspecified atom stereocenters. The average Bonchev–Trinajstić information content (AvgIpc) is 3.39. The molecule has 3 aromatic rings. The van der Waals surface area contributed by atoms with Gasteiger partial charge in [0.05, 0.1) is 42.7 Å². The number of methoxy groups -OCH3 is 1. The summed E-state index contributed by atoms with van der Waals surface area (Å²) in [5.41, 5.74) is 1.39. The average molecular weight is 530 g/mol. The molecule has 37 heavy (non-hydrogen) atoms. The number of nitrogens with zero attached hydrogens (tertiary/aromatic N) is 1. The molecule has 0 amide bonds. The molecule has 1 aliphatic heterocycles. The first-order chi connectivity index (χ1) is 17.7. The molecule has 1 saturated heterocycles. The fourth-order valence-electron chi connectivity index (χ4n) is 4.35. The number of carbonyl (C=O) groups is 1. The first-order valence-corrected chi connectivity index (χ1v) is 12.5. The Morgan fingerprint density at radius 3 is 2.70 bits per heavy atom. The Balaban J connectivity index is 1.44. The zero-order valence-corrected chi connectivity index (χ0v) is 21.9. The highest BCUT2D eigenvalue weighted by molar-refractivity contribution is 6.32. The van der Waals surface area contributed by atoms with Gasteiger partial charge in [-0.15, -0.1) is 0 Å². The summed E-state index contributed by atoms with van der Waals surface area (Å²) in [6, 6.07) is 10.2. The maximum absolute atomic E-state index is 11.1. The van der Waals surface area contributed by atoms with Gasteiger partial charge in [0.2, 0.25) is 0 Å². The third-order valence-electron chi connectivity index (χ3n) is 6.22. The smallest absolute Gasteiger partial charge is 0.335 e. The Labute approximate surface area is 221 Å². The predicted molar refractivity (Wildman–Crippen MR) is 140 cm³/mol. The zero-order chi connectivity index (χ0) is 26.5. The molecule has 10 heteroatoms. The van der Waals surface area contributed by atoms with Gasteiger partial charge in [0.1, 0.15) is 11.5 Å². The summed E-state index contributed by atoms with van der Waals surface area (Å²) in [6.45, 7) is 5.17. The third kappa shape index (κ3) is 6.74. The third-order valence-corrected chi connectivity index (χ3v) is 6.52. The molecule has 2 aromatic carbocycles. The molecule has 0 radical (unpaired) electrons. The van der Waals surface area contributed by atoms with Crippen molar-refractivity contribution in [3.05, 3.63) is 59.6 Å². The number of benzene rings is 2. The van der Waals surface area contributed by atoms with Gasteiger partial charge >= 0.3 is 5.97 Å². The molecule has 0 saturated carbocycles. The summed E-state index contributed by atoms with van der Waals surface area (Å²) in [6.07, 6.45) is 6.45. The monoisotopic (exact) mass is 529 g/mol. The zero-order valence-electron chi connectivity index (χ0n) is 21.2. The van der Waals surface area contributed by atoms with E-state index in [1.54, 1.807) is 19.4 Å². The fraction of sp³-hybridized carbons (Fsp3) is 0.407. The second-order valence-electron chi connectivity index (χ2n) is 9.60. The number of aromatic nitrogens is 1. The first-order valence-electron chi connectivity index (χ1n) is 12.1. The SMILES string of the molecule is COc1cc(NC2(NC(C)(C)CCOc3ccc(C(=O)O)cc3Cl)CCCCO2)ccc1-c1cnco1. The van der Waals surface area contributed by atoms with E-state index in [9.17, 15) is 4.79 Å². The summed E-state index contributed by atoms with van der Waals surface area (Å²) in [5.74, 6) is -0.0750. The van der Waals surface area contributed by atoms with Crippen molar-refractivity contribution in [1.29, 1.82) is 0 Å². The molecule has 3 N–H and O–H groups in total. The number of oxazole rings is 1. The summed E-state index contributed by atoms with van der Waals surface area (Å²) >= 11 is 6.21.